The average molecular weight is 302 g/mol. The Morgan fingerprint density at radius 3 is 2.94 bits per heavy atom. The van der Waals surface area contributed by atoms with Gasteiger partial charge in [0.2, 0.25) is 0 Å². The third kappa shape index (κ3) is 2.08. The predicted molar refractivity (Wildman–Crippen MR) is 69.7 cm³/mol. The summed E-state index contributed by atoms with van der Waals surface area (Å²) in [5.74, 6) is 0.583. The molecule has 2 saturated heterocycles. The highest BCUT2D eigenvalue weighted by Crippen LogP contribution is 2.40. The van der Waals surface area contributed by atoms with Crippen molar-refractivity contribution in [3.05, 3.63) is 20.8 Å². The highest BCUT2D eigenvalue weighted by atomic mass is 79.9. The van der Waals surface area contributed by atoms with Gasteiger partial charge >= 0.3 is 0 Å². The lowest BCUT2D eigenvalue weighted by Gasteiger charge is -2.24. The lowest BCUT2D eigenvalue weighted by molar-refractivity contribution is 0.0885. The Kier molecular flexibility index (Phi) is 3.09. The van der Waals surface area contributed by atoms with E-state index >= 15 is 0 Å². The lowest BCUT2D eigenvalue weighted by atomic mass is 9.83. The van der Waals surface area contributed by atoms with Gasteiger partial charge in [0.15, 0.2) is 0 Å². The molecule has 4 atom stereocenters. The van der Waals surface area contributed by atoms with Gasteiger partial charge in [-0.1, -0.05) is 0 Å². The van der Waals surface area contributed by atoms with Crippen LogP contribution in [0.4, 0.5) is 0 Å². The molecule has 1 aromatic rings. The number of rotatable bonds is 3. The average Bonchev–Trinajstić information content (AvgIpc) is 2.93. The van der Waals surface area contributed by atoms with Crippen LogP contribution in [0.2, 0.25) is 0 Å². The molecule has 0 amide bonds. The topological polar surface area (TPSA) is 35.2 Å². The number of nitrogens with two attached hydrogens (primary N) is 1. The Hall–Kier alpha value is 0.1000. The molecule has 2 nitrogen and oxygen atoms in total. The molecule has 2 fully saturated rings. The minimum absolute atomic E-state index is 0.265. The van der Waals surface area contributed by atoms with Crippen LogP contribution in [0.1, 0.15) is 24.1 Å². The van der Waals surface area contributed by atoms with Crippen molar-refractivity contribution in [2.75, 3.05) is 0 Å². The summed E-state index contributed by atoms with van der Waals surface area (Å²) in [6.45, 7) is 0. The summed E-state index contributed by atoms with van der Waals surface area (Å²) in [6.07, 6.45) is 5.60. The first kappa shape index (κ1) is 11.2. The zero-order valence-electron chi connectivity index (χ0n) is 9.06. The second-order valence-electron chi connectivity index (χ2n) is 4.85. The second kappa shape index (κ2) is 4.41. The third-order valence-corrected chi connectivity index (χ3v) is 5.41. The van der Waals surface area contributed by atoms with Crippen molar-refractivity contribution in [2.24, 2.45) is 11.7 Å². The number of fused-ring (bicyclic) bond motifs is 2. The number of ether oxygens (including phenoxy) is 1. The maximum absolute atomic E-state index is 6.32. The first-order valence-corrected chi connectivity index (χ1v) is 7.48. The van der Waals surface area contributed by atoms with Gasteiger partial charge in [-0.15, -0.1) is 11.3 Å². The Bertz CT molecular complexity index is 381. The van der Waals surface area contributed by atoms with Gasteiger partial charge in [0, 0.05) is 16.8 Å². The molecule has 16 heavy (non-hydrogen) atoms. The zero-order chi connectivity index (χ0) is 11.1. The van der Waals surface area contributed by atoms with Crippen LogP contribution < -0.4 is 5.73 Å². The van der Waals surface area contributed by atoms with E-state index in [4.69, 9.17) is 10.5 Å². The fraction of sp³-hybridized carbons (Fsp3) is 0.667. The Morgan fingerprint density at radius 1 is 1.50 bits per heavy atom. The molecule has 2 aliphatic rings. The fourth-order valence-corrected chi connectivity index (χ4v) is 4.53. The molecule has 3 heterocycles. The smallest absolute Gasteiger partial charge is 0.0701 e. The van der Waals surface area contributed by atoms with E-state index in [1.165, 1.54) is 27.9 Å². The van der Waals surface area contributed by atoms with Crippen molar-refractivity contribution in [1.82, 2.24) is 0 Å². The van der Waals surface area contributed by atoms with Crippen LogP contribution >= 0.6 is 27.3 Å². The van der Waals surface area contributed by atoms with Gasteiger partial charge in [0.05, 0.1) is 16.0 Å². The molecule has 3 rings (SSSR count). The van der Waals surface area contributed by atoms with Crippen molar-refractivity contribution in [3.8, 4) is 0 Å². The summed E-state index contributed by atoms with van der Waals surface area (Å²) in [5, 5.41) is 0. The first-order chi connectivity index (χ1) is 7.72. The van der Waals surface area contributed by atoms with E-state index < -0.39 is 0 Å². The standard InChI is InChI=1S/C12H16BrNOS/c13-12-4-2-8(16-12)6-10(14)9-5-7-1-3-11(9)15-7/h2,4,7,9-11H,1,3,5-6,14H2. The van der Waals surface area contributed by atoms with E-state index in [1.807, 2.05) is 0 Å². The molecular formula is C12H16BrNOS. The van der Waals surface area contributed by atoms with E-state index in [2.05, 4.69) is 28.1 Å². The van der Waals surface area contributed by atoms with Crippen molar-refractivity contribution in [2.45, 2.75) is 43.9 Å². The molecule has 0 aliphatic carbocycles. The van der Waals surface area contributed by atoms with Crippen LogP contribution in [0.25, 0.3) is 0 Å². The van der Waals surface area contributed by atoms with Crippen LogP contribution in [0.5, 0.6) is 0 Å². The molecule has 2 N–H and O–H groups in total. The zero-order valence-corrected chi connectivity index (χ0v) is 11.5. The van der Waals surface area contributed by atoms with E-state index in [-0.39, 0.29) is 6.04 Å². The lowest BCUT2D eigenvalue weighted by Crippen LogP contribution is -2.37. The molecule has 4 unspecified atom stereocenters. The van der Waals surface area contributed by atoms with Gasteiger partial charge in [-0.05, 0) is 53.7 Å². The molecule has 0 aromatic carbocycles. The van der Waals surface area contributed by atoms with Crippen molar-refractivity contribution >= 4 is 27.3 Å². The van der Waals surface area contributed by atoms with Gasteiger partial charge in [-0.25, -0.2) is 0 Å². The van der Waals surface area contributed by atoms with Gasteiger partial charge in [0.25, 0.3) is 0 Å². The summed E-state index contributed by atoms with van der Waals surface area (Å²) in [6, 6.07) is 4.54. The largest absolute Gasteiger partial charge is 0.375 e. The Balaban J connectivity index is 1.63. The SMILES string of the molecule is NC(Cc1ccc(Br)s1)C1CC2CCC1O2. The summed E-state index contributed by atoms with van der Waals surface area (Å²) >= 11 is 5.28. The van der Waals surface area contributed by atoms with Crippen molar-refractivity contribution in [1.29, 1.82) is 0 Å². The Labute approximate surface area is 108 Å². The van der Waals surface area contributed by atoms with Gasteiger partial charge in [0.1, 0.15) is 0 Å². The predicted octanol–water partition coefficient (Wildman–Crippen LogP) is 2.95. The van der Waals surface area contributed by atoms with E-state index in [9.17, 15) is 0 Å². The molecule has 88 valence electrons. The van der Waals surface area contributed by atoms with Crippen LogP contribution in [0, 0.1) is 5.92 Å². The normalized spacial score (nSPS) is 34.5. The van der Waals surface area contributed by atoms with Crippen LogP contribution in [0.15, 0.2) is 15.9 Å². The molecule has 2 aliphatic heterocycles. The monoisotopic (exact) mass is 301 g/mol. The number of halogens is 1. The highest BCUT2D eigenvalue weighted by molar-refractivity contribution is 9.11. The fourth-order valence-electron chi connectivity index (χ4n) is 2.97. The molecule has 2 bridgehead atoms. The molecule has 0 radical (unpaired) electrons. The van der Waals surface area contributed by atoms with E-state index in [0.29, 0.717) is 18.1 Å². The summed E-state index contributed by atoms with van der Waals surface area (Å²) in [4.78, 5) is 1.38. The Morgan fingerprint density at radius 2 is 2.38 bits per heavy atom. The van der Waals surface area contributed by atoms with Crippen molar-refractivity contribution in [3.63, 3.8) is 0 Å². The molecule has 0 saturated carbocycles. The third-order valence-electron chi connectivity index (χ3n) is 3.77. The number of hydrogen-bond acceptors (Lipinski definition) is 3. The van der Waals surface area contributed by atoms with Gasteiger partial charge in [-0.2, -0.15) is 0 Å². The van der Waals surface area contributed by atoms with Crippen LogP contribution in [-0.4, -0.2) is 18.2 Å². The maximum Gasteiger partial charge on any atom is 0.0701 e. The summed E-state index contributed by atoms with van der Waals surface area (Å²) in [7, 11) is 0. The van der Waals surface area contributed by atoms with E-state index in [0.717, 1.165) is 6.42 Å². The molecule has 1 aromatic heterocycles. The molecular weight excluding hydrogens is 286 g/mol. The molecule has 4 heteroatoms. The minimum atomic E-state index is 0.265. The number of hydrogen-bond donors (Lipinski definition) is 1. The summed E-state index contributed by atoms with van der Waals surface area (Å²) < 4.78 is 7.06. The van der Waals surface area contributed by atoms with Crippen molar-refractivity contribution < 1.29 is 4.74 Å². The summed E-state index contributed by atoms with van der Waals surface area (Å²) in [5.41, 5.74) is 6.32. The van der Waals surface area contributed by atoms with Crippen LogP contribution in [-0.2, 0) is 11.2 Å². The first-order valence-electron chi connectivity index (χ1n) is 5.87. The van der Waals surface area contributed by atoms with Gasteiger partial charge < -0.3 is 10.5 Å². The molecule has 0 spiro atoms. The quantitative estimate of drug-likeness (QED) is 0.931. The minimum Gasteiger partial charge on any atom is -0.375 e. The van der Waals surface area contributed by atoms with Crippen LogP contribution in [0.3, 0.4) is 0 Å². The second-order valence-corrected chi connectivity index (χ2v) is 7.39. The van der Waals surface area contributed by atoms with E-state index in [1.54, 1.807) is 11.3 Å². The number of thiophene rings is 1. The van der Waals surface area contributed by atoms with Gasteiger partial charge in [-0.3, -0.25) is 0 Å². The highest BCUT2D eigenvalue weighted by Gasteiger charge is 2.43. The maximum atomic E-state index is 6.32.